The quantitative estimate of drug-likeness (QED) is 0.0111. The fraction of sp³-hybridized carbons (Fsp3) is 0.545. The number of aliphatic hydroxyl groups is 1. The lowest BCUT2D eigenvalue weighted by Crippen LogP contribution is -2.61. The number of H-pyrrole nitrogens is 3. The number of carbonyl (C=O) groups is 15. The van der Waals surface area contributed by atoms with Crippen LogP contribution >= 0.6 is 0 Å². The van der Waals surface area contributed by atoms with E-state index in [1.54, 1.807) is 58.9 Å². The lowest BCUT2D eigenvalue weighted by molar-refractivity contribution is -0.141. The molecule has 27 N–H and O–H groups in total. The van der Waals surface area contributed by atoms with Crippen molar-refractivity contribution in [3.8, 4) is 0 Å². The van der Waals surface area contributed by atoms with Gasteiger partial charge >= 0.3 is 5.97 Å². The second-order valence-corrected chi connectivity index (χ2v) is 26.3. The van der Waals surface area contributed by atoms with Crippen LogP contribution in [0.2, 0.25) is 0 Å². The number of hydrogen-bond donors (Lipinski definition) is 22. The first-order chi connectivity index (χ1) is 49.9. The van der Waals surface area contributed by atoms with Gasteiger partial charge in [0.2, 0.25) is 82.7 Å². The molecule has 14 amide bonds. The SMILES string of the molecule is CC[C@H](C)[C@H](N)C(=O)N[C@@H](C)C(=O)N[C@H](C(=O)N[C@H](C(=O)N[C@@H](CCC(N)=O)C(=O)N[C@@H](CC(=O)O)C(=O)N[C@@H](Cc1c[nH]c2ccccc12)C(=O)NCC(=O)N[C@@H](Cc1cnc[nH]1)C(=O)N[C@@H](Cc1cnc[nH]1)C(=O)N[C@@H](CCCN=C(N)N)C(=O)N[C@@H](C)C(=O)N[C@H](C(N)=O)[C@H](C)O)C(C)C)C(C)C. The maximum Gasteiger partial charge on any atom is 0.305 e. The predicted molar refractivity (Wildman–Crippen MR) is 381 cm³/mol. The first-order valence-electron chi connectivity index (χ1n) is 34.3. The van der Waals surface area contributed by atoms with Gasteiger partial charge in [-0.2, -0.15) is 0 Å². The minimum atomic E-state index is -2.03. The van der Waals surface area contributed by atoms with Crippen LogP contribution in [0.25, 0.3) is 10.9 Å². The monoisotopic (exact) mass is 1490 g/mol. The van der Waals surface area contributed by atoms with Gasteiger partial charge in [0.05, 0.1) is 37.8 Å². The Kier molecular flexibility index (Phi) is 34.6. The minimum absolute atomic E-state index is 0.0183. The predicted octanol–water partition coefficient (Wildman–Crippen LogP) is -6.52. The van der Waals surface area contributed by atoms with Gasteiger partial charge in [-0.15, -0.1) is 0 Å². The summed E-state index contributed by atoms with van der Waals surface area (Å²) in [5.41, 5.74) is 29.4. The van der Waals surface area contributed by atoms with E-state index >= 15 is 0 Å². The summed E-state index contributed by atoms with van der Waals surface area (Å²) in [6.07, 6.45) is 2.73. The number of carboxylic acids is 1. The summed E-state index contributed by atoms with van der Waals surface area (Å²) in [5.74, 6) is -17.0. The molecule has 0 saturated heterocycles. The van der Waals surface area contributed by atoms with Crippen molar-refractivity contribution in [1.29, 1.82) is 0 Å². The zero-order chi connectivity index (χ0) is 79.2. The molecule has 0 aliphatic carbocycles. The zero-order valence-corrected chi connectivity index (χ0v) is 60.5. The highest BCUT2D eigenvalue weighted by molar-refractivity contribution is 6.00. The van der Waals surface area contributed by atoms with E-state index in [4.69, 9.17) is 28.7 Å². The van der Waals surface area contributed by atoms with Gasteiger partial charge in [-0.25, -0.2) is 9.97 Å². The van der Waals surface area contributed by atoms with Gasteiger partial charge < -0.3 is 118 Å². The molecule has 1 aromatic carbocycles. The number of carboxylic acid groups (broad SMARTS) is 1. The number of para-hydroxylation sites is 1. The Morgan fingerprint density at radius 3 is 1.49 bits per heavy atom. The summed E-state index contributed by atoms with van der Waals surface area (Å²) in [4.78, 5) is 225. The number of guanidine groups is 1. The number of nitrogens with one attached hydrogen (secondary N) is 15. The van der Waals surface area contributed by atoms with Crippen molar-refractivity contribution >= 4 is 106 Å². The molecule has 14 atom stereocenters. The number of amides is 14. The number of primary amides is 2. The molecule has 40 heteroatoms. The number of aliphatic carboxylic acids is 1. The third-order valence-corrected chi connectivity index (χ3v) is 16.9. The second kappa shape index (κ2) is 42.3. The van der Waals surface area contributed by atoms with Gasteiger partial charge in [-0.05, 0) is 69.4 Å². The molecule has 3 heterocycles. The average molecular weight is 1490 g/mol. The van der Waals surface area contributed by atoms with Gasteiger partial charge in [0.15, 0.2) is 5.96 Å². The number of aromatic nitrogens is 5. The molecule has 3 aromatic heterocycles. The van der Waals surface area contributed by atoms with Gasteiger partial charge in [0.1, 0.15) is 66.5 Å². The van der Waals surface area contributed by atoms with Crippen LogP contribution in [0, 0.1) is 17.8 Å². The van der Waals surface area contributed by atoms with E-state index in [2.05, 4.69) is 93.7 Å². The summed E-state index contributed by atoms with van der Waals surface area (Å²) in [6.45, 7) is 12.9. The van der Waals surface area contributed by atoms with Crippen molar-refractivity contribution < 1.29 is 82.1 Å². The summed E-state index contributed by atoms with van der Waals surface area (Å²) in [5, 5.41) is 50.4. The molecule has 106 heavy (non-hydrogen) atoms. The Morgan fingerprint density at radius 1 is 0.519 bits per heavy atom. The van der Waals surface area contributed by atoms with Crippen molar-refractivity contribution in [2.24, 2.45) is 51.4 Å². The summed E-state index contributed by atoms with van der Waals surface area (Å²) in [7, 11) is 0. The number of rotatable bonds is 45. The number of nitrogens with two attached hydrogens (primary N) is 5. The van der Waals surface area contributed by atoms with Crippen molar-refractivity contribution in [3.63, 3.8) is 0 Å². The fourth-order valence-electron chi connectivity index (χ4n) is 10.5. The van der Waals surface area contributed by atoms with E-state index in [1.807, 2.05) is 6.92 Å². The Bertz CT molecular complexity index is 3730. The fourth-order valence-corrected chi connectivity index (χ4v) is 10.5. The highest BCUT2D eigenvalue weighted by Gasteiger charge is 2.38. The molecule has 582 valence electrons. The van der Waals surface area contributed by atoms with Crippen molar-refractivity contribution in [1.82, 2.24) is 88.7 Å². The van der Waals surface area contributed by atoms with Crippen LogP contribution in [0.15, 0.2) is 60.5 Å². The molecule has 4 rings (SSSR count). The number of carbonyl (C=O) groups excluding carboxylic acids is 14. The highest BCUT2D eigenvalue weighted by Crippen LogP contribution is 2.20. The molecule has 0 unspecified atom stereocenters. The number of aromatic amines is 3. The largest absolute Gasteiger partial charge is 0.481 e. The molecule has 0 aliphatic rings. The van der Waals surface area contributed by atoms with Gasteiger partial charge in [-0.3, -0.25) is 76.9 Å². The molecule has 0 fully saturated rings. The van der Waals surface area contributed by atoms with Crippen LogP contribution in [-0.2, 0) is 91.2 Å². The first-order valence-corrected chi connectivity index (χ1v) is 34.3. The summed E-state index contributed by atoms with van der Waals surface area (Å²) < 4.78 is 0. The summed E-state index contributed by atoms with van der Waals surface area (Å²) in [6, 6.07) is -10.9. The van der Waals surface area contributed by atoms with Crippen molar-refractivity contribution in [2.75, 3.05) is 13.1 Å². The maximum atomic E-state index is 14.5. The van der Waals surface area contributed by atoms with Gasteiger partial charge in [-0.1, -0.05) is 66.2 Å². The van der Waals surface area contributed by atoms with Crippen molar-refractivity contribution in [3.05, 3.63) is 72.5 Å². The molecule has 4 aromatic rings. The third kappa shape index (κ3) is 28.2. The average Bonchev–Trinajstić information content (AvgIpc) is 1.62. The lowest BCUT2D eigenvalue weighted by Gasteiger charge is -2.29. The maximum absolute atomic E-state index is 14.5. The van der Waals surface area contributed by atoms with Crippen LogP contribution in [-0.4, -0.2) is 221 Å². The Hall–Kier alpha value is -11.6. The normalized spacial score (nSPS) is 15.2. The number of imidazole rings is 2. The van der Waals surface area contributed by atoms with E-state index in [0.717, 1.165) is 0 Å². The Morgan fingerprint density at radius 2 is 0.981 bits per heavy atom. The van der Waals surface area contributed by atoms with Crippen molar-refractivity contribution in [2.45, 2.75) is 199 Å². The molecular formula is C66H101N23O17. The number of aliphatic hydroxyl groups excluding tert-OH is 1. The first kappa shape index (κ1) is 86.8. The van der Waals surface area contributed by atoms with Gasteiger partial charge in [0, 0.05) is 73.1 Å². The van der Waals surface area contributed by atoms with Crippen LogP contribution < -0.4 is 92.5 Å². The van der Waals surface area contributed by atoms with E-state index in [0.29, 0.717) is 28.6 Å². The number of aliphatic imine (C=N–C) groups is 1. The molecule has 0 spiro atoms. The molecule has 0 radical (unpaired) electrons. The number of fused-ring (bicyclic) bond motifs is 1. The van der Waals surface area contributed by atoms with Crippen LogP contribution in [0.3, 0.4) is 0 Å². The van der Waals surface area contributed by atoms with Crippen LogP contribution in [0.4, 0.5) is 0 Å². The molecule has 40 nitrogen and oxygen atoms in total. The van der Waals surface area contributed by atoms with E-state index in [-0.39, 0.29) is 56.2 Å². The molecule has 0 aliphatic heterocycles. The highest BCUT2D eigenvalue weighted by atomic mass is 16.4. The molecule has 0 saturated carbocycles. The zero-order valence-electron chi connectivity index (χ0n) is 60.5. The third-order valence-electron chi connectivity index (χ3n) is 16.9. The smallest absolute Gasteiger partial charge is 0.305 e. The Labute approximate surface area is 609 Å². The van der Waals surface area contributed by atoms with E-state index < -0.39 is 205 Å². The van der Waals surface area contributed by atoms with E-state index in [1.165, 1.54) is 52.0 Å². The molecule has 0 bridgehead atoms. The van der Waals surface area contributed by atoms with Crippen LogP contribution in [0.5, 0.6) is 0 Å². The number of nitrogens with zero attached hydrogens (tertiary/aromatic N) is 3. The number of benzene rings is 1. The standard InChI is InChI=1S/C66H101N23O17/c1-10-32(6)50(68)63(104)80-34(8)55(96)87-52(31(4)5)65(106)88-51(30(2)3)64(105)83-42(17-18-47(67)91)59(100)86-46(23-49(93)94)62(103)84-43(20-36-24-75-40-15-12-11-14-39(36)40)57(98)76-27-48(92)81-44(21-37-25-72-28-77-37)60(101)85-45(22-38-26-73-29-78-38)61(102)82-41(16-13-19-74-66(70)71)58(99)79-33(7)56(97)89-53(35(9)90)54(69)95/h11-12,14-15,24-26,28-35,41-46,50-53,75,90H,10,13,16-23,27,68H2,1-9H3,(H2,67,91)(H2,69,95)(H,72,77)(H,73,78)(H,76,98)(H,79,99)(H,80,104)(H,81,92)(H,82,102)(H,83,105)(H,84,103)(H,85,101)(H,86,100)(H,87,96)(H,88,106)(H,89,97)(H,93,94)(H4,70,71,74)/t32-,33-,34-,35-,41-,42-,43-,44-,45-,46-,50-,51-,52-,53-/m0/s1. The van der Waals surface area contributed by atoms with E-state index in [9.17, 15) is 82.1 Å². The molecular weight excluding hydrogens is 1390 g/mol. The Balaban J connectivity index is 1.60. The second-order valence-electron chi connectivity index (χ2n) is 26.3. The van der Waals surface area contributed by atoms with Gasteiger partial charge in [0.25, 0.3) is 0 Å². The van der Waals surface area contributed by atoms with Crippen LogP contribution in [0.1, 0.15) is 118 Å². The minimum Gasteiger partial charge on any atom is -0.481 e. The summed E-state index contributed by atoms with van der Waals surface area (Å²) >= 11 is 0. The lowest BCUT2D eigenvalue weighted by atomic mass is 9.98. The number of hydrogen-bond acceptors (Lipinski definition) is 20. The topological polar surface area (TPSA) is 656 Å².